The summed E-state index contributed by atoms with van der Waals surface area (Å²) in [5.74, 6) is 0. The molecule has 0 spiro atoms. The SMILES string of the molecule is CC(C)(C)OC(=O)Nc1cc(-c2cccc(Cl)c2)cs1. The Morgan fingerprint density at radius 2 is 2.00 bits per heavy atom. The van der Waals surface area contributed by atoms with E-state index in [4.69, 9.17) is 16.3 Å². The molecule has 0 saturated heterocycles. The van der Waals surface area contributed by atoms with Crippen LogP contribution < -0.4 is 5.32 Å². The third kappa shape index (κ3) is 4.25. The van der Waals surface area contributed by atoms with Crippen LogP contribution in [0.15, 0.2) is 35.7 Å². The molecule has 1 aromatic carbocycles. The molecular weight excluding hydrogens is 294 g/mol. The minimum absolute atomic E-state index is 0.447. The van der Waals surface area contributed by atoms with Crippen molar-refractivity contribution in [2.45, 2.75) is 26.4 Å². The number of rotatable bonds is 2. The summed E-state index contributed by atoms with van der Waals surface area (Å²) >= 11 is 7.42. The van der Waals surface area contributed by atoms with Crippen molar-refractivity contribution in [1.29, 1.82) is 0 Å². The molecule has 1 amide bonds. The van der Waals surface area contributed by atoms with Crippen molar-refractivity contribution >= 4 is 34.0 Å². The zero-order valence-electron chi connectivity index (χ0n) is 11.6. The Kier molecular flexibility index (Phi) is 4.35. The molecule has 0 aliphatic rings. The fraction of sp³-hybridized carbons (Fsp3) is 0.267. The number of hydrogen-bond acceptors (Lipinski definition) is 3. The smallest absolute Gasteiger partial charge is 0.412 e. The van der Waals surface area contributed by atoms with Gasteiger partial charge in [-0.2, -0.15) is 0 Å². The molecule has 0 aliphatic heterocycles. The predicted octanol–water partition coefficient (Wildman–Crippen LogP) is 5.42. The number of carbonyl (C=O) groups excluding carboxylic acids is 1. The zero-order chi connectivity index (χ0) is 14.8. The lowest BCUT2D eigenvalue weighted by Crippen LogP contribution is -2.26. The molecule has 2 rings (SSSR count). The average molecular weight is 310 g/mol. The van der Waals surface area contributed by atoms with Crippen molar-refractivity contribution < 1.29 is 9.53 Å². The molecule has 1 aromatic heterocycles. The molecule has 5 heteroatoms. The van der Waals surface area contributed by atoms with Crippen LogP contribution in [0.1, 0.15) is 20.8 Å². The Bertz CT molecular complexity index is 616. The number of carbonyl (C=O) groups is 1. The Hall–Kier alpha value is -1.52. The molecule has 3 nitrogen and oxygen atoms in total. The topological polar surface area (TPSA) is 38.3 Å². The van der Waals surface area contributed by atoms with Crippen molar-refractivity contribution in [3.8, 4) is 11.1 Å². The van der Waals surface area contributed by atoms with Crippen molar-refractivity contribution in [2.24, 2.45) is 0 Å². The molecule has 0 atom stereocenters. The highest BCUT2D eigenvalue weighted by atomic mass is 35.5. The van der Waals surface area contributed by atoms with E-state index in [0.717, 1.165) is 16.1 Å². The second-order valence-corrected chi connectivity index (χ2v) is 6.68. The molecule has 106 valence electrons. The highest BCUT2D eigenvalue weighted by molar-refractivity contribution is 7.14. The lowest BCUT2D eigenvalue weighted by Gasteiger charge is -2.19. The molecule has 1 heterocycles. The van der Waals surface area contributed by atoms with Gasteiger partial charge in [0.2, 0.25) is 0 Å². The molecule has 0 unspecified atom stereocenters. The first-order valence-corrected chi connectivity index (χ1v) is 7.44. The van der Waals surface area contributed by atoms with Gasteiger partial charge in [-0.05, 0) is 50.1 Å². The fourth-order valence-electron chi connectivity index (χ4n) is 1.63. The Morgan fingerprint density at radius 3 is 2.65 bits per heavy atom. The van der Waals surface area contributed by atoms with Gasteiger partial charge in [0.05, 0.1) is 5.00 Å². The highest BCUT2D eigenvalue weighted by Crippen LogP contribution is 2.30. The van der Waals surface area contributed by atoms with E-state index < -0.39 is 11.7 Å². The van der Waals surface area contributed by atoms with E-state index >= 15 is 0 Å². The quantitative estimate of drug-likeness (QED) is 0.805. The second-order valence-electron chi connectivity index (χ2n) is 5.34. The van der Waals surface area contributed by atoms with E-state index in [1.165, 1.54) is 11.3 Å². The summed E-state index contributed by atoms with van der Waals surface area (Å²) in [6.45, 7) is 5.50. The highest BCUT2D eigenvalue weighted by Gasteiger charge is 2.16. The lowest BCUT2D eigenvalue weighted by atomic mass is 10.1. The molecule has 0 saturated carbocycles. The van der Waals surface area contributed by atoms with Crippen molar-refractivity contribution in [2.75, 3.05) is 5.32 Å². The number of thiophene rings is 1. The van der Waals surface area contributed by atoms with Gasteiger partial charge in [-0.3, -0.25) is 5.32 Å². The number of hydrogen-bond donors (Lipinski definition) is 1. The normalized spacial score (nSPS) is 11.2. The summed E-state index contributed by atoms with van der Waals surface area (Å²) in [5, 5.41) is 6.13. The molecule has 0 bridgehead atoms. The van der Waals surface area contributed by atoms with E-state index in [2.05, 4.69) is 5.32 Å². The van der Waals surface area contributed by atoms with Gasteiger partial charge in [0, 0.05) is 10.4 Å². The summed E-state index contributed by atoms with van der Waals surface area (Å²) in [7, 11) is 0. The van der Waals surface area contributed by atoms with Crippen LogP contribution in [0.4, 0.5) is 9.80 Å². The number of anilines is 1. The van der Waals surface area contributed by atoms with Gasteiger partial charge in [0.15, 0.2) is 0 Å². The van der Waals surface area contributed by atoms with E-state index in [9.17, 15) is 4.79 Å². The molecule has 1 N–H and O–H groups in total. The minimum atomic E-state index is -0.503. The number of benzene rings is 1. The van der Waals surface area contributed by atoms with E-state index in [0.29, 0.717) is 5.02 Å². The number of halogens is 1. The monoisotopic (exact) mass is 309 g/mol. The zero-order valence-corrected chi connectivity index (χ0v) is 13.1. The third-order valence-electron chi connectivity index (χ3n) is 2.38. The first-order chi connectivity index (χ1) is 9.33. The summed E-state index contributed by atoms with van der Waals surface area (Å²) < 4.78 is 5.21. The second kappa shape index (κ2) is 5.85. The van der Waals surface area contributed by atoms with Crippen LogP contribution >= 0.6 is 22.9 Å². The lowest BCUT2D eigenvalue weighted by molar-refractivity contribution is 0.0636. The van der Waals surface area contributed by atoms with Gasteiger partial charge in [-0.15, -0.1) is 11.3 Å². The van der Waals surface area contributed by atoms with Crippen LogP contribution in [-0.2, 0) is 4.74 Å². The van der Waals surface area contributed by atoms with Crippen molar-refractivity contribution in [3.05, 3.63) is 40.7 Å². The fourth-order valence-corrected chi connectivity index (χ4v) is 2.61. The summed E-state index contributed by atoms with van der Waals surface area (Å²) in [6.07, 6.45) is -0.447. The van der Waals surface area contributed by atoms with E-state index in [1.807, 2.05) is 56.5 Å². The molecule has 2 aromatic rings. The van der Waals surface area contributed by atoms with Crippen LogP contribution in [0.2, 0.25) is 5.02 Å². The van der Waals surface area contributed by atoms with Gasteiger partial charge in [0.25, 0.3) is 0 Å². The van der Waals surface area contributed by atoms with Crippen LogP contribution in [0.25, 0.3) is 11.1 Å². The van der Waals surface area contributed by atoms with Crippen LogP contribution in [0.5, 0.6) is 0 Å². The molecule has 0 aliphatic carbocycles. The Balaban J connectivity index is 2.08. The van der Waals surface area contributed by atoms with Crippen LogP contribution in [0, 0.1) is 0 Å². The Labute approximate surface area is 127 Å². The Morgan fingerprint density at radius 1 is 1.25 bits per heavy atom. The number of amides is 1. The molecule has 0 fully saturated rings. The predicted molar refractivity (Wildman–Crippen MR) is 84.6 cm³/mol. The molecule has 0 radical (unpaired) electrons. The first kappa shape index (κ1) is 14.9. The van der Waals surface area contributed by atoms with Gasteiger partial charge in [-0.1, -0.05) is 23.7 Å². The van der Waals surface area contributed by atoms with Crippen LogP contribution in [0.3, 0.4) is 0 Å². The maximum absolute atomic E-state index is 11.7. The van der Waals surface area contributed by atoms with E-state index in [1.54, 1.807) is 0 Å². The molecular formula is C15H16ClNO2S. The maximum atomic E-state index is 11.7. The summed E-state index contributed by atoms with van der Waals surface area (Å²) in [4.78, 5) is 11.7. The molecule has 20 heavy (non-hydrogen) atoms. The largest absolute Gasteiger partial charge is 0.444 e. The standard InChI is InChI=1S/C15H16ClNO2S/c1-15(2,3)19-14(18)17-13-8-11(9-20-13)10-5-4-6-12(16)7-10/h4-9H,1-3H3,(H,17,18). The van der Waals surface area contributed by atoms with Crippen LogP contribution in [-0.4, -0.2) is 11.7 Å². The van der Waals surface area contributed by atoms with E-state index in [-0.39, 0.29) is 0 Å². The minimum Gasteiger partial charge on any atom is -0.444 e. The number of nitrogens with one attached hydrogen (secondary N) is 1. The first-order valence-electron chi connectivity index (χ1n) is 6.18. The third-order valence-corrected chi connectivity index (χ3v) is 3.46. The average Bonchev–Trinajstić information content (AvgIpc) is 2.74. The van der Waals surface area contributed by atoms with Gasteiger partial charge in [-0.25, -0.2) is 4.79 Å². The maximum Gasteiger partial charge on any atom is 0.412 e. The number of ether oxygens (including phenoxy) is 1. The van der Waals surface area contributed by atoms with Gasteiger partial charge in [0.1, 0.15) is 5.60 Å². The summed E-state index contributed by atoms with van der Waals surface area (Å²) in [5.41, 5.74) is 1.53. The van der Waals surface area contributed by atoms with Gasteiger partial charge < -0.3 is 4.74 Å². The summed E-state index contributed by atoms with van der Waals surface area (Å²) in [6, 6.07) is 9.50. The van der Waals surface area contributed by atoms with Crippen molar-refractivity contribution in [3.63, 3.8) is 0 Å². The van der Waals surface area contributed by atoms with Crippen molar-refractivity contribution in [1.82, 2.24) is 0 Å². The van der Waals surface area contributed by atoms with Gasteiger partial charge >= 0.3 is 6.09 Å².